The summed E-state index contributed by atoms with van der Waals surface area (Å²) in [7, 11) is 0. The number of rotatable bonds is 4. The van der Waals surface area contributed by atoms with Gasteiger partial charge < -0.3 is 5.32 Å². The molecule has 0 aliphatic carbocycles. The molecule has 18 heavy (non-hydrogen) atoms. The van der Waals surface area contributed by atoms with Crippen molar-refractivity contribution in [2.75, 3.05) is 5.32 Å². The largest absolute Gasteiger partial charge is 0.381 e. The van der Waals surface area contributed by atoms with Crippen molar-refractivity contribution in [2.24, 2.45) is 0 Å². The lowest BCUT2D eigenvalue weighted by Crippen LogP contribution is -2.01. The van der Waals surface area contributed by atoms with Crippen molar-refractivity contribution in [3.8, 4) is 0 Å². The molecule has 0 unspecified atom stereocenters. The third kappa shape index (κ3) is 3.32. The highest BCUT2D eigenvalue weighted by molar-refractivity contribution is 6.42. The summed E-state index contributed by atoms with van der Waals surface area (Å²) in [4.78, 5) is 0. The van der Waals surface area contributed by atoms with Crippen LogP contribution in [0.4, 0.5) is 5.69 Å². The van der Waals surface area contributed by atoms with Crippen LogP contribution in [0.1, 0.15) is 11.1 Å². The number of anilines is 1. The molecule has 0 atom stereocenters. The minimum Gasteiger partial charge on any atom is -0.381 e. The van der Waals surface area contributed by atoms with E-state index in [9.17, 15) is 0 Å². The van der Waals surface area contributed by atoms with Crippen LogP contribution >= 0.6 is 34.8 Å². The van der Waals surface area contributed by atoms with Gasteiger partial charge in [-0.15, -0.1) is 11.6 Å². The highest BCUT2D eigenvalue weighted by Crippen LogP contribution is 2.23. The maximum atomic E-state index is 5.97. The highest BCUT2D eigenvalue weighted by Gasteiger charge is 2.02. The first-order chi connectivity index (χ1) is 8.70. The molecule has 0 fully saturated rings. The normalized spacial score (nSPS) is 10.4. The minimum atomic E-state index is 0.491. The SMILES string of the molecule is ClCc1ccccc1NCc1ccc(Cl)c(Cl)c1. The Morgan fingerprint density at radius 2 is 1.72 bits per heavy atom. The molecule has 0 spiro atoms. The van der Waals surface area contributed by atoms with E-state index in [-0.39, 0.29) is 0 Å². The van der Waals surface area contributed by atoms with Crippen LogP contribution in [0.3, 0.4) is 0 Å². The van der Waals surface area contributed by atoms with Crippen LogP contribution in [0.2, 0.25) is 10.0 Å². The third-order valence-electron chi connectivity index (χ3n) is 2.63. The molecule has 0 amide bonds. The maximum absolute atomic E-state index is 5.97. The van der Waals surface area contributed by atoms with Crippen molar-refractivity contribution < 1.29 is 0 Å². The summed E-state index contributed by atoms with van der Waals surface area (Å²) < 4.78 is 0. The average molecular weight is 301 g/mol. The third-order valence-corrected chi connectivity index (χ3v) is 3.66. The minimum absolute atomic E-state index is 0.491. The molecule has 2 rings (SSSR count). The second-order valence-electron chi connectivity index (χ2n) is 3.89. The predicted octanol–water partition coefficient (Wildman–Crippen LogP) is 5.34. The van der Waals surface area contributed by atoms with Gasteiger partial charge in [0, 0.05) is 18.1 Å². The van der Waals surface area contributed by atoms with E-state index >= 15 is 0 Å². The lowest BCUT2D eigenvalue weighted by Gasteiger charge is -2.10. The summed E-state index contributed by atoms with van der Waals surface area (Å²) in [5, 5.41) is 4.48. The van der Waals surface area contributed by atoms with Gasteiger partial charge in [-0.2, -0.15) is 0 Å². The van der Waals surface area contributed by atoms with E-state index in [1.165, 1.54) is 0 Å². The van der Waals surface area contributed by atoms with Gasteiger partial charge in [0.05, 0.1) is 10.0 Å². The van der Waals surface area contributed by atoms with Gasteiger partial charge in [0.1, 0.15) is 0 Å². The quantitative estimate of drug-likeness (QED) is 0.751. The molecular formula is C14H12Cl3N. The summed E-state index contributed by atoms with van der Waals surface area (Å²) in [5.74, 6) is 0.491. The van der Waals surface area contributed by atoms with E-state index in [4.69, 9.17) is 34.8 Å². The van der Waals surface area contributed by atoms with E-state index in [0.717, 1.165) is 16.8 Å². The molecule has 94 valence electrons. The summed E-state index contributed by atoms with van der Waals surface area (Å²) in [6.45, 7) is 0.685. The number of benzene rings is 2. The summed E-state index contributed by atoms with van der Waals surface area (Å²) in [6.07, 6.45) is 0. The number of alkyl halides is 1. The van der Waals surface area contributed by atoms with Crippen LogP contribution in [0.25, 0.3) is 0 Å². The number of nitrogens with one attached hydrogen (secondary N) is 1. The van der Waals surface area contributed by atoms with Gasteiger partial charge in [0.2, 0.25) is 0 Å². The van der Waals surface area contributed by atoms with Crippen LogP contribution in [0.15, 0.2) is 42.5 Å². The molecule has 0 aromatic heterocycles. The Balaban J connectivity index is 2.09. The summed E-state index contributed by atoms with van der Waals surface area (Å²) >= 11 is 17.7. The fourth-order valence-electron chi connectivity index (χ4n) is 1.66. The van der Waals surface area contributed by atoms with Crippen LogP contribution in [0.5, 0.6) is 0 Å². The van der Waals surface area contributed by atoms with Gasteiger partial charge >= 0.3 is 0 Å². The molecule has 1 N–H and O–H groups in total. The molecule has 2 aromatic carbocycles. The van der Waals surface area contributed by atoms with Crippen LogP contribution in [-0.2, 0) is 12.4 Å². The smallest absolute Gasteiger partial charge is 0.0595 e. The molecule has 0 heterocycles. The van der Waals surface area contributed by atoms with Gasteiger partial charge in [-0.05, 0) is 29.3 Å². The van der Waals surface area contributed by atoms with E-state index in [0.29, 0.717) is 22.5 Å². The molecule has 0 saturated heterocycles. The molecular weight excluding hydrogens is 289 g/mol. The molecule has 4 heteroatoms. The Morgan fingerprint density at radius 1 is 0.944 bits per heavy atom. The lowest BCUT2D eigenvalue weighted by atomic mass is 10.2. The van der Waals surface area contributed by atoms with Gasteiger partial charge in [-0.25, -0.2) is 0 Å². The Hall–Kier alpha value is -0.890. The monoisotopic (exact) mass is 299 g/mol. The zero-order valence-electron chi connectivity index (χ0n) is 9.59. The molecule has 0 aliphatic heterocycles. The summed E-state index contributed by atoms with van der Waals surface area (Å²) in [5.41, 5.74) is 3.20. The Labute approximate surface area is 122 Å². The fraction of sp³-hybridized carbons (Fsp3) is 0.143. The average Bonchev–Trinajstić information content (AvgIpc) is 2.40. The van der Waals surface area contributed by atoms with Crippen LogP contribution in [-0.4, -0.2) is 0 Å². The molecule has 0 radical (unpaired) electrons. The van der Waals surface area contributed by atoms with E-state index in [2.05, 4.69) is 5.32 Å². The van der Waals surface area contributed by atoms with Gasteiger partial charge in [-0.1, -0.05) is 47.5 Å². The second kappa shape index (κ2) is 6.33. The standard InChI is InChI=1S/C14H12Cl3N/c15-8-11-3-1-2-4-14(11)18-9-10-5-6-12(16)13(17)7-10/h1-7,18H,8-9H2. The number of hydrogen-bond donors (Lipinski definition) is 1. The second-order valence-corrected chi connectivity index (χ2v) is 4.97. The Kier molecular flexibility index (Phi) is 4.76. The zero-order valence-corrected chi connectivity index (χ0v) is 11.9. The molecule has 0 bridgehead atoms. The number of para-hydroxylation sites is 1. The van der Waals surface area contributed by atoms with Crippen molar-refractivity contribution in [1.82, 2.24) is 0 Å². The summed E-state index contributed by atoms with van der Waals surface area (Å²) in [6, 6.07) is 13.6. The first-order valence-corrected chi connectivity index (χ1v) is 6.81. The van der Waals surface area contributed by atoms with Gasteiger partial charge in [-0.3, -0.25) is 0 Å². The van der Waals surface area contributed by atoms with Gasteiger partial charge in [0.25, 0.3) is 0 Å². The van der Waals surface area contributed by atoms with Gasteiger partial charge in [0.15, 0.2) is 0 Å². The zero-order chi connectivity index (χ0) is 13.0. The molecule has 2 aromatic rings. The maximum Gasteiger partial charge on any atom is 0.0595 e. The van der Waals surface area contributed by atoms with Crippen LogP contribution < -0.4 is 5.32 Å². The van der Waals surface area contributed by atoms with Crippen molar-refractivity contribution in [2.45, 2.75) is 12.4 Å². The van der Waals surface area contributed by atoms with E-state index in [1.54, 1.807) is 6.07 Å². The fourth-order valence-corrected chi connectivity index (χ4v) is 2.21. The molecule has 1 nitrogen and oxygen atoms in total. The molecule has 0 aliphatic rings. The highest BCUT2D eigenvalue weighted by atomic mass is 35.5. The lowest BCUT2D eigenvalue weighted by molar-refractivity contribution is 1.14. The van der Waals surface area contributed by atoms with Crippen molar-refractivity contribution in [3.63, 3.8) is 0 Å². The van der Waals surface area contributed by atoms with Crippen molar-refractivity contribution >= 4 is 40.5 Å². The number of halogens is 3. The van der Waals surface area contributed by atoms with Crippen molar-refractivity contribution in [1.29, 1.82) is 0 Å². The Morgan fingerprint density at radius 3 is 2.44 bits per heavy atom. The predicted molar refractivity (Wildman–Crippen MR) is 79.8 cm³/mol. The topological polar surface area (TPSA) is 12.0 Å². The first-order valence-electron chi connectivity index (χ1n) is 5.52. The van der Waals surface area contributed by atoms with Crippen LogP contribution in [0, 0.1) is 0 Å². The molecule has 0 saturated carbocycles. The van der Waals surface area contributed by atoms with E-state index < -0.39 is 0 Å². The Bertz CT molecular complexity index is 540. The first kappa shape index (κ1) is 13.5. The van der Waals surface area contributed by atoms with E-state index in [1.807, 2.05) is 36.4 Å². The van der Waals surface area contributed by atoms with Crippen molar-refractivity contribution in [3.05, 3.63) is 63.6 Å². The number of hydrogen-bond acceptors (Lipinski definition) is 1.